The van der Waals surface area contributed by atoms with E-state index in [-0.39, 0.29) is 5.91 Å². The van der Waals surface area contributed by atoms with Crippen LogP contribution in [0.2, 0.25) is 0 Å². The lowest BCUT2D eigenvalue weighted by atomic mass is 10.0. The number of hydrogen-bond acceptors (Lipinski definition) is 3. The van der Waals surface area contributed by atoms with Gasteiger partial charge in [-0.2, -0.15) is 0 Å². The first kappa shape index (κ1) is 19.1. The van der Waals surface area contributed by atoms with Crippen molar-refractivity contribution in [1.82, 2.24) is 5.32 Å². The number of nitrogens with one attached hydrogen (secondary N) is 2. The third kappa shape index (κ3) is 4.96. The summed E-state index contributed by atoms with van der Waals surface area (Å²) in [6.45, 7) is 5.61. The molecule has 1 fully saturated rings. The summed E-state index contributed by atoms with van der Waals surface area (Å²) in [6.07, 6.45) is 1.31. The summed E-state index contributed by atoms with van der Waals surface area (Å²) in [5.74, 6) is 0.795. The lowest BCUT2D eigenvalue weighted by Crippen LogP contribution is -3.14. The molecule has 3 rings (SSSR count). The first-order chi connectivity index (χ1) is 12.7. The summed E-state index contributed by atoms with van der Waals surface area (Å²) < 4.78 is 11.9. The predicted octanol–water partition coefficient (Wildman–Crippen LogP) is 1.57. The minimum atomic E-state index is 0.0377. The Balaban J connectivity index is 1.58. The first-order valence-electron chi connectivity index (χ1n) is 9.10. The van der Waals surface area contributed by atoms with Crippen LogP contribution >= 0.6 is 15.9 Å². The molecule has 2 N–H and O–H groups in total. The minimum absolute atomic E-state index is 0.0377. The molecule has 1 amide bonds. The van der Waals surface area contributed by atoms with E-state index in [1.54, 1.807) is 12.0 Å². The number of methoxy groups -OCH3 is 1. The van der Waals surface area contributed by atoms with Gasteiger partial charge >= 0.3 is 0 Å². The van der Waals surface area contributed by atoms with E-state index in [4.69, 9.17) is 9.47 Å². The molecule has 5 nitrogen and oxygen atoms in total. The van der Waals surface area contributed by atoms with Gasteiger partial charge in [-0.05, 0) is 29.0 Å². The number of amides is 1. The maximum absolute atomic E-state index is 12.4. The number of morpholine rings is 1. The second-order valence-electron chi connectivity index (χ2n) is 6.60. The molecule has 1 saturated heterocycles. The van der Waals surface area contributed by atoms with Crippen LogP contribution in [0.15, 0.2) is 34.8 Å². The fourth-order valence-corrected chi connectivity index (χ4v) is 3.80. The van der Waals surface area contributed by atoms with E-state index < -0.39 is 0 Å². The maximum atomic E-state index is 12.4. The van der Waals surface area contributed by atoms with Crippen LogP contribution in [-0.2, 0) is 16.0 Å². The van der Waals surface area contributed by atoms with E-state index >= 15 is 0 Å². The van der Waals surface area contributed by atoms with Gasteiger partial charge in [-0.3, -0.25) is 4.79 Å². The molecule has 1 heterocycles. The number of quaternary nitrogens is 1. The number of carbonyl (C=O) groups is 1. The van der Waals surface area contributed by atoms with Crippen molar-refractivity contribution in [2.45, 2.75) is 12.8 Å². The Bertz CT molecular complexity index is 760. The fourth-order valence-electron chi connectivity index (χ4n) is 3.42. The summed E-state index contributed by atoms with van der Waals surface area (Å²) in [7, 11) is 1.65. The SMILES string of the molecule is COc1ccc2cc(Br)ccc2c1CC(=O)NCCC[NH+]1CCOCC1. The number of halogens is 1. The fraction of sp³-hybridized carbons (Fsp3) is 0.450. The van der Waals surface area contributed by atoms with Crippen LogP contribution in [0.1, 0.15) is 12.0 Å². The molecule has 6 heteroatoms. The van der Waals surface area contributed by atoms with E-state index in [1.165, 1.54) is 0 Å². The summed E-state index contributed by atoms with van der Waals surface area (Å²) in [5.41, 5.74) is 0.939. The molecule has 1 aliphatic heterocycles. The Morgan fingerprint density at radius 3 is 2.85 bits per heavy atom. The van der Waals surface area contributed by atoms with Crippen molar-refractivity contribution in [1.29, 1.82) is 0 Å². The van der Waals surface area contributed by atoms with E-state index in [1.807, 2.05) is 24.3 Å². The van der Waals surface area contributed by atoms with Crippen molar-refractivity contribution >= 4 is 32.6 Å². The molecule has 0 spiro atoms. The van der Waals surface area contributed by atoms with Crippen LogP contribution < -0.4 is 15.0 Å². The second kappa shape index (κ2) is 9.35. The topological polar surface area (TPSA) is 52.0 Å². The summed E-state index contributed by atoms with van der Waals surface area (Å²) >= 11 is 3.50. The number of hydrogen-bond donors (Lipinski definition) is 2. The molecule has 0 aliphatic carbocycles. The van der Waals surface area contributed by atoms with Gasteiger partial charge in [0.1, 0.15) is 18.8 Å². The average molecular weight is 422 g/mol. The van der Waals surface area contributed by atoms with Crippen LogP contribution in [0.3, 0.4) is 0 Å². The van der Waals surface area contributed by atoms with Crippen LogP contribution in [0.5, 0.6) is 5.75 Å². The third-order valence-corrected chi connectivity index (χ3v) is 5.33. The van der Waals surface area contributed by atoms with Crippen molar-refractivity contribution in [3.8, 4) is 5.75 Å². The van der Waals surface area contributed by atoms with Gasteiger partial charge in [0.25, 0.3) is 0 Å². The molecule has 1 aliphatic rings. The first-order valence-corrected chi connectivity index (χ1v) is 9.90. The van der Waals surface area contributed by atoms with Crippen molar-refractivity contribution < 1.29 is 19.2 Å². The van der Waals surface area contributed by atoms with Gasteiger partial charge in [0.2, 0.25) is 5.91 Å². The van der Waals surface area contributed by atoms with Crippen molar-refractivity contribution in [3.05, 3.63) is 40.4 Å². The van der Waals surface area contributed by atoms with E-state index in [2.05, 4.69) is 27.3 Å². The Labute approximate surface area is 162 Å². The maximum Gasteiger partial charge on any atom is 0.224 e. The van der Waals surface area contributed by atoms with Crippen molar-refractivity contribution in [3.63, 3.8) is 0 Å². The Kier molecular flexibility index (Phi) is 6.88. The molecule has 0 atom stereocenters. The number of fused-ring (bicyclic) bond motifs is 1. The Morgan fingerprint density at radius 2 is 2.08 bits per heavy atom. The predicted molar refractivity (Wildman–Crippen MR) is 106 cm³/mol. The monoisotopic (exact) mass is 421 g/mol. The zero-order chi connectivity index (χ0) is 18.4. The molecule has 2 aromatic rings. The lowest BCUT2D eigenvalue weighted by Gasteiger charge is -2.23. The Hall–Kier alpha value is -1.63. The largest absolute Gasteiger partial charge is 0.496 e. The van der Waals surface area contributed by atoms with Crippen LogP contribution in [0, 0.1) is 0 Å². The van der Waals surface area contributed by atoms with Gasteiger partial charge in [-0.15, -0.1) is 0 Å². The third-order valence-electron chi connectivity index (χ3n) is 4.84. The molecular formula is C20H26BrN2O3+. The molecule has 0 bridgehead atoms. The summed E-state index contributed by atoms with van der Waals surface area (Å²) in [5, 5.41) is 5.20. The molecule has 26 heavy (non-hydrogen) atoms. The summed E-state index contributed by atoms with van der Waals surface area (Å²) in [4.78, 5) is 14.0. The molecule has 0 radical (unpaired) electrons. The zero-order valence-corrected chi connectivity index (χ0v) is 16.7. The molecule has 140 valence electrons. The molecule has 0 aromatic heterocycles. The molecule has 0 unspecified atom stereocenters. The highest BCUT2D eigenvalue weighted by molar-refractivity contribution is 9.10. The highest BCUT2D eigenvalue weighted by atomic mass is 79.9. The lowest BCUT2D eigenvalue weighted by molar-refractivity contribution is -0.908. The quantitative estimate of drug-likeness (QED) is 0.667. The smallest absolute Gasteiger partial charge is 0.224 e. The van der Waals surface area contributed by atoms with E-state index in [9.17, 15) is 4.79 Å². The van der Waals surface area contributed by atoms with Crippen LogP contribution in [0.25, 0.3) is 10.8 Å². The van der Waals surface area contributed by atoms with Crippen molar-refractivity contribution in [2.75, 3.05) is 46.5 Å². The normalized spacial score (nSPS) is 15.2. The van der Waals surface area contributed by atoms with Gasteiger partial charge in [-0.25, -0.2) is 0 Å². The van der Waals surface area contributed by atoms with E-state index in [0.29, 0.717) is 13.0 Å². The number of carbonyl (C=O) groups excluding carboxylic acids is 1. The highest BCUT2D eigenvalue weighted by Gasteiger charge is 2.15. The van der Waals surface area contributed by atoms with Crippen LogP contribution in [0.4, 0.5) is 0 Å². The molecular weight excluding hydrogens is 396 g/mol. The standard InChI is InChI=1S/C20H25BrN2O3/c1-25-19-6-3-15-13-16(21)4-5-17(15)18(19)14-20(24)22-7-2-8-23-9-11-26-12-10-23/h3-6,13H,2,7-12,14H2,1H3,(H,22,24)/p+1. The van der Waals surface area contributed by atoms with Gasteiger partial charge < -0.3 is 19.7 Å². The van der Waals surface area contributed by atoms with Gasteiger partial charge in [-0.1, -0.05) is 28.1 Å². The Morgan fingerprint density at radius 1 is 1.27 bits per heavy atom. The van der Waals surface area contributed by atoms with Crippen molar-refractivity contribution in [2.24, 2.45) is 0 Å². The van der Waals surface area contributed by atoms with E-state index in [0.717, 1.165) is 65.8 Å². The zero-order valence-electron chi connectivity index (χ0n) is 15.1. The number of ether oxygens (including phenoxy) is 2. The summed E-state index contributed by atoms with van der Waals surface area (Å²) in [6, 6.07) is 10.0. The average Bonchev–Trinajstić information content (AvgIpc) is 2.66. The minimum Gasteiger partial charge on any atom is -0.496 e. The molecule has 0 saturated carbocycles. The highest BCUT2D eigenvalue weighted by Crippen LogP contribution is 2.30. The van der Waals surface area contributed by atoms with Gasteiger partial charge in [0.15, 0.2) is 0 Å². The number of rotatable bonds is 7. The number of benzene rings is 2. The van der Waals surface area contributed by atoms with Gasteiger partial charge in [0.05, 0.1) is 33.3 Å². The van der Waals surface area contributed by atoms with Crippen LogP contribution in [-0.4, -0.2) is 52.4 Å². The second-order valence-corrected chi connectivity index (χ2v) is 7.52. The van der Waals surface area contributed by atoms with Gasteiger partial charge in [0, 0.05) is 23.0 Å². The molecule has 2 aromatic carbocycles.